The van der Waals surface area contributed by atoms with Crippen molar-refractivity contribution < 1.29 is 43.2 Å². The zero-order chi connectivity index (χ0) is 24.6. The van der Waals surface area contributed by atoms with Crippen molar-refractivity contribution in [3.63, 3.8) is 0 Å². The van der Waals surface area contributed by atoms with Gasteiger partial charge in [0.05, 0.1) is 49.8 Å². The molecule has 0 unspecified atom stereocenters. The normalized spacial score (nSPS) is 15.6. The molecule has 12 nitrogen and oxygen atoms in total. The molecule has 0 aliphatic heterocycles. The molecular weight excluding hydrogens is 496 g/mol. The first-order valence-corrected chi connectivity index (χ1v) is 15.7. The third-order valence-electron chi connectivity index (χ3n) is 4.00. The van der Waals surface area contributed by atoms with Crippen LogP contribution < -0.4 is 0 Å². The largest absolute Gasteiger partial charge is 0.465 e. The summed E-state index contributed by atoms with van der Waals surface area (Å²) in [4.78, 5) is 11.7. The van der Waals surface area contributed by atoms with Crippen molar-refractivity contribution in [1.82, 2.24) is 7.42 Å². The van der Waals surface area contributed by atoms with Crippen molar-refractivity contribution in [3.05, 3.63) is 35.4 Å². The number of hydrogen-bond donors (Lipinski definition) is 0. The van der Waals surface area contributed by atoms with Crippen LogP contribution in [-0.4, -0.2) is 85.2 Å². The topological polar surface area (TPSA) is 169 Å². The minimum Gasteiger partial charge on any atom is -0.465 e. The molecule has 0 aliphatic carbocycles. The number of nitrogens with zero attached hydrogens (tertiary/aromatic N) is 2. The van der Waals surface area contributed by atoms with E-state index in [0.29, 0.717) is 25.0 Å². The van der Waals surface area contributed by atoms with Crippen LogP contribution in [0.2, 0.25) is 0 Å². The minimum absolute atomic E-state index is 0.0428. The highest BCUT2D eigenvalue weighted by molar-refractivity contribution is 8.04. The summed E-state index contributed by atoms with van der Waals surface area (Å²) in [5.74, 6) is -0.729. The first-order chi connectivity index (χ1) is 13.7. The van der Waals surface area contributed by atoms with Gasteiger partial charge in [-0.15, -0.1) is 0 Å². The average Bonchev–Trinajstić information content (AvgIpc) is 2.54. The molecule has 0 aromatic heterocycles. The van der Waals surface area contributed by atoms with Crippen LogP contribution in [0.25, 0.3) is 0 Å². The van der Waals surface area contributed by atoms with Crippen LogP contribution in [0.3, 0.4) is 0 Å². The third kappa shape index (κ3) is 6.69. The van der Waals surface area contributed by atoms with Gasteiger partial charge in [0, 0.05) is 0 Å². The van der Waals surface area contributed by atoms with Gasteiger partial charge in [-0.25, -0.2) is 38.5 Å². The summed E-state index contributed by atoms with van der Waals surface area (Å²) in [6, 6.07) is 1.25. The summed E-state index contributed by atoms with van der Waals surface area (Å²) in [5.41, 5.74) is -0.0284. The molecule has 1 rings (SSSR count). The van der Waals surface area contributed by atoms with Crippen LogP contribution in [0, 0.1) is 0 Å². The number of esters is 1. The maximum absolute atomic E-state index is 12.4. The Morgan fingerprint density at radius 3 is 1.39 bits per heavy atom. The average molecular weight is 521 g/mol. The third-order valence-corrected chi connectivity index (χ3v) is 11.0. The van der Waals surface area contributed by atoms with Crippen molar-refractivity contribution in [2.75, 3.05) is 32.1 Å². The van der Waals surface area contributed by atoms with Crippen LogP contribution in [-0.2, 0) is 44.8 Å². The summed E-state index contributed by atoms with van der Waals surface area (Å²) in [7, 11) is -16.9. The van der Waals surface area contributed by atoms with Gasteiger partial charge in [-0.3, -0.25) is 0 Å². The Hall–Kier alpha value is -1.59. The lowest BCUT2D eigenvalue weighted by Gasteiger charge is -2.36. The zero-order valence-electron chi connectivity index (χ0n) is 17.6. The van der Waals surface area contributed by atoms with Gasteiger partial charge >= 0.3 is 5.97 Å². The Kier molecular flexibility index (Phi) is 8.06. The maximum Gasteiger partial charge on any atom is 0.337 e. The van der Waals surface area contributed by atoms with E-state index in [2.05, 4.69) is 4.74 Å². The predicted molar refractivity (Wildman–Crippen MR) is 113 cm³/mol. The Morgan fingerprint density at radius 1 is 0.742 bits per heavy atom. The van der Waals surface area contributed by atoms with Gasteiger partial charge in [-0.2, -0.15) is 0 Å². The Bertz CT molecular complexity index is 1190. The first-order valence-electron chi connectivity index (χ1n) is 8.30. The molecule has 178 valence electrons. The fraction of sp³-hybridized carbons (Fsp3) is 0.533. The van der Waals surface area contributed by atoms with E-state index >= 15 is 0 Å². The van der Waals surface area contributed by atoms with E-state index in [1.807, 2.05) is 0 Å². The van der Waals surface area contributed by atoms with Gasteiger partial charge in [0.15, 0.2) is 0 Å². The summed E-state index contributed by atoms with van der Waals surface area (Å²) < 4.78 is 103. The molecule has 0 N–H and O–H groups in total. The standard InChI is InChI=1S/C15H24N2O10S4/c1-11(16(28(3,19)20)29(4,21)22)14(17(30(5,23)24)31(6,25)26)12-7-9-13(10-8-12)15(18)27-2/h7-11,14H,1-6H3/t11-,14-/m1/s1. The summed E-state index contributed by atoms with van der Waals surface area (Å²) in [6.45, 7) is 1.06. The Balaban J connectivity index is 3.94. The second-order valence-corrected chi connectivity index (χ2v) is 14.7. The van der Waals surface area contributed by atoms with Gasteiger partial charge in [-0.05, 0) is 24.6 Å². The number of carbonyl (C=O) groups is 1. The van der Waals surface area contributed by atoms with E-state index in [4.69, 9.17) is 0 Å². The van der Waals surface area contributed by atoms with Gasteiger partial charge in [0.2, 0.25) is 40.1 Å². The van der Waals surface area contributed by atoms with Crippen molar-refractivity contribution >= 4 is 46.1 Å². The molecule has 16 heteroatoms. The van der Waals surface area contributed by atoms with E-state index in [9.17, 15) is 38.5 Å². The Morgan fingerprint density at radius 2 is 1.10 bits per heavy atom. The highest BCUT2D eigenvalue weighted by atomic mass is 32.3. The second kappa shape index (κ2) is 9.11. The van der Waals surface area contributed by atoms with E-state index in [1.54, 1.807) is 0 Å². The molecule has 0 spiro atoms. The number of sulfonamides is 4. The van der Waals surface area contributed by atoms with Crippen LogP contribution in [0.4, 0.5) is 0 Å². The van der Waals surface area contributed by atoms with Crippen LogP contribution in [0.5, 0.6) is 0 Å². The van der Waals surface area contributed by atoms with Gasteiger partial charge in [0.1, 0.15) is 0 Å². The molecule has 1 aromatic carbocycles. The van der Waals surface area contributed by atoms with Crippen LogP contribution in [0.1, 0.15) is 28.9 Å². The fourth-order valence-corrected chi connectivity index (χ4v) is 9.93. The number of methoxy groups -OCH3 is 1. The molecule has 0 saturated heterocycles. The lowest BCUT2D eigenvalue weighted by Crippen LogP contribution is -2.51. The van der Waals surface area contributed by atoms with Gasteiger partial charge < -0.3 is 4.74 Å². The van der Waals surface area contributed by atoms with Crippen molar-refractivity contribution in [3.8, 4) is 0 Å². The summed E-state index contributed by atoms with van der Waals surface area (Å²) in [6.07, 6.45) is 2.35. The molecule has 0 heterocycles. The van der Waals surface area contributed by atoms with Crippen molar-refractivity contribution in [1.29, 1.82) is 0 Å². The Labute approximate surface area is 183 Å². The lowest BCUT2D eigenvalue weighted by molar-refractivity contribution is 0.0600. The van der Waals surface area contributed by atoms with Gasteiger partial charge in [0.25, 0.3) is 0 Å². The SMILES string of the molecule is COC(=O)c1ccc([C@@H]([C@@H](C)N(S(C)(=O)=O)S(C)(=O)=O)N(S(C)(=O)=O)S(C)(=O)=O)cc1. The summed E-state index contributed by atoms with van der Waals surface area (Å²) >= 11 is 0. The molecule has 0 saturated carbocycles. The first kappa shape index (κ1) is 27.4. The zero-order valence-corrected chi connectivity index (χ0v) is 20.8. The second-order valence-electron chi connectivity index (χ2n) is 6.80. The fourth-order valence-electron chi connectivity index (χ4n) is 3.13. The molecule has 2 atom stereocenters. The number of ether oxygens (including phenoxy) is 1. The van der Waals surface area contributed by atoms with Gasteiger partial charge in [-0.1, -0.05) is 19.6 Å². The van der Waals surface area contributed by atoms with Crippen molar-refractivity contribution in [2.45, 2.75) is 19.0 Å². The van der Waals surface area contributed by atoms with E-state index in [0.717, 1.165) is 14.0 Å². The highest BCUT2D eigenvalue weighted by Crippen LogP contribution is 2.34. The monoisotopic (exact) mass is 520 g/mol. The molecule has 0 amide bonds. The smallest absolute Gasteiger partial charge is 0.337 e. The maximum atomic E-state index is 12.4. The number of carbonyl (C=O) groups excluding carboxylic acids is 1. The number of hydrogen-bond acceptors (Lipinski definition) is 10. The van der Waals surface area contributed by atoms with E-state index in [-0.39, 0.29) is 18.5 Å². The molecule has 1 aromatic rings. The molecule has 0 fully saturated rings. The summed E-state index contributed by atoms with van der Waals surface area (Å²) in [5, 5.41) is 0. The lowest BCUT2D eigenvalue weighted by atomic mass is 10.0. The van der Waals surface area contributed by atoms with E-state index in [1.165, 1.54) is 24.3 Å². The van der Waals surface area contributed by atoms with E-state index < -0.39 is 58.1 Å². The van der Waals surface area contributed by atoms with Crippen LogP contribution in [0.15, 0.2) is 24.3 Å². The molecule has 0 radical (unpaired) electrons. The molecule has 31 heavy (non-hydrogen) atoms. The molecular formula is C15H24N2O10S4. The predicted octanol–water partition coefficient (Wildman–Crippen LogP) is -0.655. The molecule has 0 bridgehead atoms. The molecule has 0 aliphatic rings. The van der Waals surface area contributed by atoms with Crippen LogP contribution >= 0.6 is 0 Å². The number of benzene rings is 1. The highest BCUT2D eigenvalue weighted by Gasteiger charge is 2.45. The minimum atomic E-state index is -4.53. The quantitative estimate of drug-likeness (QED) is 0.381. The van der Waals surface area contributed by atoms with Crippen molar-refractivity contribution in [2.24, 2.45) is 0 Å². The number of rotatable bonds is 9.